The maximum absolute atomic E-state index is 12.3. The van der Waals surface area contributed by atoms with Gasteiger partial charge in [-0.15, -0.1) is 0 Å². The molecule has 72 valence electrons. The molecule has 0 amide bonds. The van der Waals surface area contributed by atoms with Gasteiger partial charge in [-0.05, 0) is 31.4 Å². The Hall–Kier alpha value is 0.140. The Bertz CT molecular complexity index is 149. The van der Waals surface area contributed by atoms with Crippen LogP contribution in [0.5, 0.6) is 0 Å². The summed E-state index contributed by atoms with van der Waals surface area (Å²) in [7, 11) is 0. The maximum Gasteiger partial charge on any atom is 0.394 e. The van der Waals surface area contributed by atoms with Crippen molar-refractivity contribution in [1.29, 1.82) is 0 Å². The molecule has 1 rings (SSSR count). The number of hydrogen-bond donors (Lipinski definition) is 1. The molecule has 0 saturated heterocycles. The fraction of sp³-hybridized carbons (Fsp3) is 1.00. The molecular weight excluding hydrogens is 185 g/mol. The maximum atomic E-state index is 12.3. The summed E-state index contributed by atoms with van der Waals surface area (Å²) in [5.74, 6) is 0.688. The van der Waals surface area contributed by atoms with Gasteiger partial charge in [-0.2, -0.15) is 25.8 Å². The van der Waals surface area contributed by atoms with E-state index in [0.29, 0.717) is 31.4 Å². The lowest BCUT2D eigenvalue weighted by Gasteiger charge is -2.18. The molecule has 0 atom stereocenters. The van der Waals surface area contributed by atoms with Crippen molar-refractivity contribution < 1.29 is 13.2 Å². The Labute approximate surface area is 75.9 Å². The first-order chi connectivity index (χ1) is 5.52. The van der Waals surface area contributed by atoms with Crippen LogP contribution in [-0.4, -0.2) is 11.9 Å². The average molecular weight is 198 g/mol. The van der Waals surface area contributed by atoms with Crippen molar-refractivity contribution in [3.63, 3.8) is 0 Å². The second kappa shape index (κ2) is 3.48. The highest BCUT2D eigenvalue weighted by molar-refractivity contribution is 7.80. The summed E-state index contributed by atoms with van der Waals surface area (Å²) in [6, 6.07) is 0. The summed E-state index contributed by atoms with van der Waals surface area (Å²) in [6.45, 7) is 0. The number of thiol groups is 1. The molecule has 1 fully saturated rings. The highest BCUT2D eigenvalue weighted by Crippen LogP contribution is 2.60. The van der Waals surface area contributed by atoms with E-state index in [1.54, 1.807) is 0 Å². The van der Waals surface area contributed by atoms with Gasteiger partial charge in [-0.1, -0.05) is 6.42 Å². The van der Waals surface area contributed by atoms with Crippen molar-refractivity contribution in [2.75, 3.05) is 5.75 Å². The Morgan fingerprint density at radius 3 is 2.08 bits per heavy atom. The minimum atomic E-state index is -3.97. The van der Waals surface area contributed by atoms with Crippen LogP contribution in [0.25, 0.3) is 0 Å². The average Bonchev–Trinajstić information content (AvgIpc) is 2.67. The summed E-state index contributed by atoms with van der Waals surface area (Å²) < 4.78 is 36.9. The van der Waals surface area contributed by atoms with E-state index >= 15 is 0 Å². The first-order valence-electron chi connectivity index (χ1n) is 4.19. The molecule has 4 heteroatoms. The quantitative estimate of drug-likeness (QED) is 0.519. The van der Waals surface area contributed by atoms with Crippen LogP contribution in [0.4, 0.5) is 13.2 Å². The zero-order valence-corrected chi connectivity index (χ0v) is 7.72. The minimum absolute atomic E-state index is 0.303. The SMILES string of the molecule is FC(F)(F)C1(CCCCS)CC1. The van der Waals surface area contributed by atoms with Gasteiger partial charge in [0.1, 0.15) is 0 Å². The Kier molecular flexibility index (Phi) is 2.97. The number of rotatable bonds is 4. The molecule has 1 aliphatic carbocycles. The van der Waals surface area contributed by atoms with Gasteiger partial charge in [0.15, 0.2) is 0 Å². The van der Waals surface area contributed by atoms with E-state index in [-0.39, 0.29) is 0 Å². The van der Waals surface area contributed by atoms with Crippen molar-refractivity contribution in [1.82, 2.24) is 0 Å². The van der Waals surface area contributed by atoms with Crippen LogP contribution >= 0.6 is 12.6 Å². The summed E-state index contributed by atoms with van der Waals surface area (Å²) >= 11 is 3.96. The van der Waals surface area contributed by atoms with Crippen LogP contribution in [0.1, 0.15) is 32.1 Å². The van der Waals surface area contributed by atoms with Crippen LogP contribution in [0, 0.1) is 5.41 Å². The van der Waals surface area contributed by atoms with Gasteiger partial charge >= 0.3 is 6.18 Å². The third kappa shape index (κ3) is 2.09. The molecule has 0 aromatic heterocycles. The van der Waals surface area contributed by atoms with Gasteiger partial charge in [-0.25, -0.2) is 0 Å². The van der Waals surface area contributed by atoms with E-state index in [4.69, 9.17) is 0 Å². The van der Waals surface area contributed by atoms with E-state index in [1.807, 2.05) is 0 Å². The van der Waals surface area contributed by atoms with Crippen molar-refractivity contribution in [3.8, 4) is 0 Å². The van der Waals surface area contributed by atoms with Gasteiger partial charge in [0.2, 0.25) is 0 Å². The molecule has 0 N–H and O–H groups in total. The summed E-state index contributed by atoms with van der Waals surface area (Å²) in [5, 5.41) is 0. The van der Waals surface area contributed by atoms with Crippen molar-refractivity contribution >= 4 is 12.6 Å². The standard InChI is InChI=1S/C8H13F3S/c9-8(10,11)7(4-5-7)3-1-2-6-12/h12H,1-6H2. The molecule has 0 unspecified atom stereocenters. The molecule has 0 aromatic rings. The molecule has 0 nitrogen and oxygen atoms in total. The van der Waals surface area contributed by atoms with Crippen molar-refractivity contribution in [3.05, 3.63) is 0 Å². The third-order valence-electron chi connectivity index (χ3n) is 2.52. The smallest absolute Gasteiger partial charge is 0.179 e. The molecule has 0 aromatic carbocycles. The third-order valence-corrected chi connectivity index (χ3v) is 2.83. The second-order valence-electron chi connectivity index (χ2n) is 3.46. The van der Waals surface area contributed by atoms with Gasteiger partial charge in [0, 0.05) is 0 Å². The van der Waals surface area contributed by atoms with Gasteiger partial charge in [-0.3, -0.25) is 0 Å². The predicted molar refractivity (Wildman–Crippen MR) is 45.4 cm³/mol. The van der Waals surface area contributed by atoms with E-state index in [2.05, 4.69) is 12.6 Å². The lowest BCUT2D eigenvalue weighted by molar-refractivity contribution is -0.189. The minimum Gasteiger partial charge on any atom is -0.179 e. The van der Waals surface area contributed by atoms with Gasteiger partial charge < -0.3 is 0 Å². The molecule has 0 heterocycles. The van der Waals surface area contributed by atoms with Gasteiger partial charge in [0.25, 0.3) is 0 Å². The van der Waals surface area contributed by atoms with Crippen LogP contribution in [0.2, 0.25) is 0 Å². The summed E-state index contributed by atoms with van der Waals surface area (Å²) in [4.78, 5) is 0. The van der Waals surface area contributed by atoms with Crippen LogP contribution < -0.4 is 0 Å². The Morgan fingerprint density at radius 1 is 1.17 bits per heavy atom. The van der Waals surface area contributed by atoms with Crippen molar-refractivity contribution in [2.24, 2.45) is 5.41 Å². The first kappa shape index (κ1) is 10.2. The van der Waals surface area contributed by atoms with Crippen molar-refractivity contribution in [2.45, 2.75) is 38.3 Å². The monoisotopic (exact) mass is 198 g/mol. The molecule has 0 bridgehead atoms. The number of halogens is 3. The molecule has 0 radical (unpaired) electrons. The molecule has 1 saturated carbocycles. The predicted octanol–water partition coefficient (Wildman–Crippen LogP) is 3.43. The highest BCUT2D eigenvalue weighted by Gasteiger charge is 2.62. The van der Waals surface area contributed by atoms with Gasteiger partial charge in [0.05, 0.1) is 5.41 Å². The van der Waals surface area contributed by atoms with E-state index in [1.165, 1.54) is 0 Å². The number of unbranched alkanes of at least 4 members (excludes halogenated alkanes) is 1. The topological polar surface area (TPSA) is 0 Å². The zero-order valence-electron chi connectivity index (χ0n) is 6.82. The number of alkyl halides is 3. The van der Waals surface area contributed by atoms with Crippen LogP contribution in [0.3, 0.4) is 0 Å². The fourth-order valence-electron chi connectivity index (χ4n) is 1.40. The van der Waals surface area contributed by atoms with E-state index < -0.39 is 11.6 Å². The normalized spacial score (nSPS) is 21.0. The van der Waals surface area contributed by atoms with Crippen LogP contribution in [-0.2, 0) is 0 Å². The van der Waals surface area contributed by atoms with E-state index in [9.17, 15) is 13.2 Å². The summed E-state index contributed by atoms with van der Waals surface area (Å²) in [5.41, 5.74) is -1.30. The highest BCUT2D eigenvalue weighted by atomic mass is 32.1. The molecule has 1 aliphatic rings. The Balaban J connectivity index is 2.30. The lowest BCUT2D eigenvalue weighted by atomic mass is 9.99. The zero-order chi connectivity index (χ0) is 9.24. The summed E-state index contributed by atoms with van der Waals surface area (Å²) in [6.07, 6.45) is -1.54. The molecule has 0 spiro atoms. The lowest BCUT2D eigenvalue weighted by Crippen LogP contribution is -2.24. The molecule has 12 heavy (non-hydrogen) atoms. The molecular formula is C8H13F3S. The number of hydrogen-bond acceptors (Lipinski definition) is 1. The fourth-order valence-corrected chi connectivity index (χ4v) is 1.62. The Morgan fingerprint density at radius 2 is 1.75 bits per heavy atom. The second-order valence-corrected chi connectivity index (χ2v) is 3.91. The van der Waals surface area contributed by atoms with E-state index in [0.717, 1.165) is 6.42 Å². The van der Waals surface area contributed by atoms with Crippen LogP contribution in [0.15, 0.2) is 0 Å². The molecule has 0 aliphatic heterocycles. The largest absolute Gasteiger partial charge is 0.394 e. The first-order valence-corrected chi connectivity index (χ1v) is 4.83.